The molecule has 0 aliphatic rings. The first kappa shape index (κ1) is 14.1. The van der Waals surface area contributed by atoms with Crippen LogP contribution in [0.4, 0.5) is 0 Å². The van der Waals surface area contributed by atoms with E-state index in [1.807, 2.05) is 62.4 Å². The number of ketones is 1. The second kappa shape index (κ2) is 6.20. The number of hydrogen-bond donors (Lipinski definition) is 0. The number of ether oxygens (including phenoxy) is 1. The zero-order valence-corrected chi connectivity index (χ0v) is 12.0. The normalized spacial score (nSPS) is 11.2. The molecule has 102 valence electrons. The van der Waals surface area contributed by atoms with Crippen molar-refractivity contribution in [3.63, 3.8) is 0 Å². The van der Waals surface area contributed by atoms with E-state index in [9.17, 15) is 4.79 Å². The minimum Gasteiger partial charge on any atom is -0.497 e. The van der Waals surface area contributed by atoms with Crippen LogP contribution in [0.3, 0.4) is 0 Å². The molecule has 0 spiro atoms. The molecule has 2 rings (SSSR count). The van der Waals surface area contributed by atoms with E-state index >= 15 is 0 Å². The van der Waals surface area contributed by atoms with Gasteiger partial charge in [-0.1, -0.05) is 36.4 Å². The summed E-state index contributed by atoms with van der Waals surface area (Å²) >= 11 is 0. The quantitative estimate of drug-likeness (QED) is 0.609. The molecule has 0 atom stereocenters. The van der Waals surface area contributed by atoms with Crippen molar-refractivity contribution in [1.82, 2.24) is 0 Å². The Balaban J connectivity index is 2.30. The molecule has 0 aliphatic heterocycles. The SMILES string of the molecule is COc1cccc(/C(C)=C/C(=O)c2ccccc2C)c1. The molecule has 2 aromatic rings. The summed E-state index contributed by atoms with van der Waals surface area (Å²) in [5.41, 5.74) is 3.66. The number of hydrogen-bond acceptors (Lipinski definition) is 2. The standard InChI is InChI=1S/C18H18O2/c1-13-7-4-5-10-17(13)18(19)11-14(2)15-8-6-9-16(12-15)20-3/h4-12H,1-3H3/b14-11+. The van der Waals surface area contributed by atoms with Gasteiger partial charge in [0, 0.05) is 5.56 Å². The Kier molecular flexibility index (Phi) is 4.36. The third-order valence-corrected chi connectivity index (χ3v) is 3.28. The third kappa shape index (κ3) is 3.15. The summed E-state index contributed by atoms with van der Waals surface area (Å²) in [5, 5.41) is 0. The van der Waals surface area contributed by atoms with Gasteiger partial charge >= 0.3 is 0 Å². The predicted octanol–water partition coefficient (Wildman–Crippen LogP) is 4.29. The van der Waals surface area contributed by atoms with Crippen LogP contribution in [0, 0.1) is 6.92 Å². The van der Waals surface area contributed by atoms with Crippen LogP contribution in [-0.4, -0.2) is 12.9 Å². The van der Waals surface area contributed by atoms with E-state index in [1.54, 1.807) is 13.2 Å². The zero-order chi connectivity index (χ0) is 14.5. The summed E-state index contributed by atoms with van der Waals surface area (Å²) in [6.07, 6.45) is 1.68. The van der Waals surface area contributed by atoms with Gasteiger partial charge in [0.25, 0.3) is 0 Å². The molecule has 0 amide bonds. The van der Waals surface area contributed by atoms with Crippen LogP contribution in [-0.2, 0) is 0 Å². The lowest BCUT2D eigenvalue weighted by Crippen LogP contribution is -1.98. The first-order valence-electron chi connectivity index (χ1n) is 6.54. The Morgan fingerprint density at radius 3 is 2.55 bits per heavy atom. The molecule has 20 heavy (non-hydrogen) atoms. The maximum atomic E-state index is 12.3. The smallest absolute Gasteiger partial charge is 0.186 e. The van der Waals surface area contributed by atoms with Crippen molar-refractivity contribution in [2.24, 2.45) is 0 Å². The topological polar surface area (TPSA) is 26.3 Å². The molecule has 0 saturated heterocycles. The second-order valence-corrected chi connectivity index (χ2v) is 4.74. The van der Waals surface area contributed by atoms with Gasteiger partial charge in [-0.25, -0.2) is 0 Å². The molecule has 0 N–H and O–H groups in total. The number of rotatable bonds is 4. The van der Waals surface area contributed by atoms with E-state index in [-0.39, 0.29) is 5.78 Å². The van der Waals surface area contributed by atoms with Gasteiger partial charge in [0.1, 0.15) is 5.75 Å². The fourth-order valence-corrected chi connectivity index (χ4v) is 2.08. The van der Waals surface area contributed by atoms with Crippen LogP contribution in [0.1, 0.15) is 28.4 Å². The molecule has 2 heteroatoms. The lowest BCUT2D eigenvalue weighted by atomic mass is 10.0. The van der Waals surface area contributed by atoms with Crippen molar-refractivity contribution in [1.29, 1.82) is 0 Å². The van der Waals surface area contributed by atoms with Gasteiger partial charge in [0.2, 0.25) is 0 Å². The van der Waals surface area contributed by atoms with E-state index in [1.165, 1.54) is 0 Å². The van der Waals surface area contributed by atoms with E-state index in [2.05, 4.69) is 0 Å². The van der Waals surface area contributed by atoms with Crippen molar-refractivity contribution in [2.45, 2.75) is 13.8 Å². The summed E-state index contributed by atoms with van der Waals surface area (Å²) in [6, 6.07) is 15.3. The first-order valence-corrected chi connectivity index (χ1v) is 6.54. The van der Waals surface area contributed by atoms with Gasteiger partial charge in [-0.05, 0) is 48.8 Å². The van der Waals surface area contributed by atoms with Gasteiger partial charge in [0.15, 0.2) is 5.78 Å². The fourth-order valence-electron chi connectivity index (χ4n) is 2.08. The summed E-state index contributed by atoms with van der Waals surface area (Å²) in [4.78, 5) is 12.3. The summed E-state index contributed by atoms with van der Waals surface area (Å²) in [6.45, 7) is 3.88. The molecule has 0 radical (unpaired) electrons. The lowest BCUT2D eigenvalue weighted by Gasteiger charge is -2.06. The van der Waals surface area contributed by atoms with Crippen molar-refractivity contribution in [3.8, 4) is 5.75 Å². The van der Waals surface area contributed by atoms with Crippen molar-refractivity contribution >= 4 is 11.4 Å². The molecule has 0 bridgehead atoms. The second-order valence-electron chi connectivity index (χ2n) is 4.74. The van der Waals surface area contributed by atoms with E-state index in [0.29, 0.717) is 0 Å². The van der Waals surface area contributed by atoms with Crippen molar-refractivity contribution < 1.29 is 9.53 Å². The van der Waals surface area contributed by atoms with Gasteiger partial charge in [-0.3, -0.25) is 4.79 Å². The predicted molar refractivity (Wildman–Crippen MR) is 82.2 cm³/mol. The highest BCUT2D eigenvalue weighted by molar-refractivity contribution is 6.09. The van der Waals surface area contributed by atoms with Crippen molar-refractivity contribution in [2.75, 3.05) is 7.11 Å². The molecule has 0 saturated carbocycles. The fraction of sp³-hybridized carbons (Fsp3) is 0.167. The van der Waals surface area contributed by atoms with Crippen LogP contribution in [0.15, 0.2) is 54.6 Å². The molecule has 0 unspecified atom stereocenters. The average Bonchev–Trinajstić information content (AvgIpc) is 2.47. The van der Waals surface area contributed by atoms with Crippen LogP contribution < -0.4 is 4.74 Å². The number of carbonyl (C=O) groups is 1. The van der Waals surface area contributed by atoms with Gasteiger partial charge in [0.05, 0.1) is 7.11 Å². The zero-order valence-electron chi connectivity index (χ0n) is 12.0. The molecule has 2 aromatic carbocycles. The van der Waals surface area contributed by atoms with Gasteiger partial charge in [-0.15, -0.1) is 0 Å². The van der Waals surface area contributed by atoms with E-state index in [0.717, 1.165) is 28.0 Å². The Morgan fingerprint density at radius 1 is 1.10 bits per heavy atom. The van der Waals surface area contributed by atoms with E-state index in [4.69, 9.17) is 4.74 Å². The van der Waals surface area contributed by atoms with Crippen LogP contribution in [0.25, 0.3) is 5.57 Å². The minimum atomic E-state index is 0.0309. The van der Waals surface area contributed by atoms with Gasteiger partial charge in [-0.2, -0.15) is 0 Å². The lowest BCUT2D eigenvalue weighted by molar-refractivity contribution is 0.104. The van der Waals surface area contributed by atoms with Gasteiger partial charge < -0.3 is 4.74 Å². The molecule has 2 nitrogen and oxygen atoms in total. The third-order valence-electron chi connectivity index (χ3n) is 3.28. The molecule has 0 fully saturated rings. The Hall–Kier alpha value is -2.35. The van der Waals surface area contributed by atoms with Crippen molar-refractivity contribution in [3.05, 3.63) is 71.3 Å². The number of carbonyl (C=O) groups excluding carboxylic acids is 1. The molecule has 0 aliphatic carbocycles. The van der Waals surface area contributed by atoms with E-state index < -0.39 is 0 Å². The number of methoxy groups -OCH3 is 1. The largest absolute Gasteiger partial charge is 0.497 e. The number of aryl methyl sites for hydroxylation is 1. The highest BCUT2D eigenvalue weighted by Crippen LogP contribution is 2.20. The Bertz CT molecular complexity index is 654. The first-order chi connectivity index (χ1) is 9.61. The summed E-state index contributed by atoms with van der Waals surface area (Å²) in [7, 11) is 1.64. The van der Waals surface area contributed by atoms with Crippen LogP contribution in [0.2, 0.25) is 0 Å². The molecule has 0 aromatic heterocycles. The minimum absolute atomic E-state index is 0.0309. The monoisotopic (exact) mass is 266 g/mol. The maximum absolute atomic E-state index is 12.3. The Morgan fingerprint density at radius 2 is 1.85 bits per heavy atom. The Labute approximate surface area is 119 Å². The summed E-state index contributed by atoms with van der Waals surface area (Å²) in [5.74, 6) is 0.821. The van der Waals surface area contributed by atoms with Crippen LogP contribution >= 0.6 is 0 Å². The highest BCUT2D eigenvalue weighted by atomic mass is 16.5. The highest BCUT2D eigenvalue weighted by Gasteiger charge is 2.07. The number of benzene rings is 2. The molecular formula is C18H18O2. The summed E-state index contributed by atoms with van der Waals surface area (Å²) < 4.78 is 5.20. The van der Waals surface area contributed by atoms with Crippen LogP contribution in [0.5, 0.6) is 5.75 Å². The maximum Gasteiger partial charge on any atom is 0.186 e. The molecular weight excluding hydrogens is 248 g/mol. The number of allylic oxidation sites excluding steroid dienone is 2. The molecule has 0 heterocycles. The average molecular weight is 266 g/mol.